The van der Waals surface area contributed by atoms with E-state index in [2.05, 4.69) is 37.8 Å². The van der Waals surface area contributed by atoms with Gasteiger partial charge in [0.05, 0.1) is 6.61 Å². The SMILES string of the molecule is Cc1cnc2n1CC[C@@H](COc1cc(CNc3cccc4c(N)nccc34)ccn1)C2. The first-order valence-corrected chi connectivity index (χ1v) is 10.6. The van der Waals surface area contributed by atoms with Crippen LogP contribution in [-0.2, 0) is 19.5 Å². The minimum Gasteiger partial charge on any atom is -0.477 e. The number of aromatic nitrogens is 4. The number of nitrogens with two attached hydrogens (primary N) is 1. The fourth-order valence-electron chi connectivity index (χ4n) is 4.22. The van der Waals surface area contributed by atoms with Gasteiger partial charge in [0.25, 0.3) is 0 Å². The first-order chi connectivity index (χ1) is 15.2. The number of nitrogen functional groups attached to an aromatic ring is 1. The highest BCUT2D eigenvalue weighted by Gasteiger charge is 2.21. The molecular weight excluding hydrogens is 388 g/mol. The van der Waals surface area contributed by atoms with Crippen molar-refractivity contribution in [3.63, 3.8) is 0 Å². The molecule has 1 aliphatic rings. The van der Waals surface area contributed by atoms with Crippen LogP contribution in [0.2, 0.25) is 0 Å². The van der Waals surface area contributed by atoms with Gasteiger partial charge in [0.1, 0.15) is 11.6 Å². The fraction of sp³-hybridized carbons (Fsp3) is 0.292. The lowest BCUT2D eigenvalue weighted by molar-refractivity contribution is 0.211. The van der Waals surface area contributed by atoms with Crippen LogP contribution in [-0.4, -0.2) is 26.1 Å². The number of aryl methyl sites for hydroxylation is 1. The molecule has 31 heavy (non-hydrogen) atoms. The molecule has 5 rings (SSSR count). The molecule has 1 aromatic carbocycles. The highest BCUT2D eigenvalue weighted by atomic mass is 16.5. The molecule has 0 radical (unpaired) electrons. The number of nitrogens with one attached hydrogen (secondary N) is 1. The van der Waals surface area contributed by atoms with Crippen molar-refractivity contribution < 1.29 is 4.74 Å². The van der Waals surface area contributed by atoms with Crippen molar-refractivity contribution in [2.45, 2.75) is 32.9 Å². The van der Waals surface area contributed by atoms with Crippen LogP contribution < -0.4 is 15.8 Å². The Bertz CT molecular complexity index is 1220. The molecule has 3 N–H and O–H groups in total. The number of fused-ring (bicyclic) bond motifs is 2. The summed E-state index contributed by atoms with van der Waals surface area (Å²) in [5, 5.41) is 5.51. The zero-order valence-corrected chi connectivity index (χ0v) is 17.6. The van der Waals surface area contributed by atoms with Crippen LogP contribution in [0.5, 0.6) is 5.88 Å². The van der Waals surface area contributed by atoms with E-state index < -0.39 is 0 Å². The number of rotatable bonds is 6. The van der Waals surface area contributed by atoms with E-state index in [9.17, 15) is 0 Å². The van der Waals surface area contributed by atoms with Gasteiger partial charge in [0, 0.05) is 72.2 Å². The standard InChI is InChI=1S/C24H26N6O/c1-16-13-29-22-11-18(7-10-30(16)22)15-31-23-12-17(5-8-26-23)14-28-21-4-2-3-20-19(21)6-9-27-24(20)25/h2-6,8-9,12-13,18,28H,7,10-11,14-15H2,1H3,(H2,25,27)/t18-/m1/s1. The maximum absolute atomic E-state index is 6.05. The molecule has 0 spiro atoms. The van der Waals surface area contributed by atoms with Crippen LogP contribution in [0.4, 0.5) is 11.5 Å². The zero-order valence-electron chi connectivity index (χ0n) is 17.6. The summed E-state index contributed by atoms with van der Waals surface area (Å²) in [6, 6.07) is 12.0. The molecule has 0 amide bonds. The number of nitrogens with zero attached hydrogens (tertiary/aromatic N) is 4. The van der Waals surface area contributed by atoms with E-state index >= 15 is 0 Å². The Morgan fingerprint density at radius 2 is 2.03 bits per heavy atom. The van der Waals surface area contributed by atoms with Crippen molar-refractivity contribution in [1.82, 2.24) is 19.5 Å². The first-order valence-electron chi connectivity index (χ1n) is 10.6. The predicted octanol–water partition coefficient (Wildman–Crippen LogP) is 3.97. The van der Waals surface area contributed by atoms with Crippen LogP contribution in [0.25, 0.3) is 10.8 Å². The van der Waals surface area contributed by atoms with Crippen LogP contribution >= 0.6 is 0 Å². The van der Waals surface area contributed by atoms with E-state index in [1.54, 1.807) is 12.4 Å². The maximum atomic E-state index is 6.05. The maximum Gasteiger partial charge on any atom is 0.213 e. The summed E-state index contributed by atoms with van der Waals surface area (Å²) >= 11 is 0. The van der Waals surface area contributed by atoms with Gasteiger partial charge in [-0.2, -0.15) is 0 Å². The van der Waals surface area contributed by atoms with Gasteiger partial charge < -0.3 is 20.4 Å². The van der Waals surface area contributed by atoms with Crippen LogP contribution in [0.1, 0.15) is 23.5 Å². The second kappa shape index (κ2) is 8.26. The number of anilines is 2. The molecule has 0 saturated heterocycles. The number of pyridine rings is 2. The second-order valence-corrected chi connectivity index (χ2v) is 8.09. The third-order valence-corrected chi connectivity index (χ3v) is 5.96. The Kier molecular flexibility index (Phi) is 5.16. The molecule has 0 bridgehead atoms. The molecule has 7 nitrogen and oxygen atoms in total. The van der Waals surface area contributed by atoms with Crippen LogP contribution in [0.15, 0.2) is 55.0 Å². The van der Waals surface area contributed by atoms with E-state index in [1.165, 1.54) is 5.69 Å². The number of hydrogen-bond acceptors (Lipinski definition) is 6. The lowest BCUT2D eigenvalue weighted by Gasteiger charge is -2.24. The number of benzene rings is 1. The lowest BCUT2D eigenvalue weighted by atomic mass is 9.99. The summed E-state index contributed by atoms with van der Waals surface area (Å²) in [6.07, 6.45) is 7.55. The van der Waals surface area contributed by atoms with Gasteiger partial charge in [-0.1, -0.05) is 12.1 Å². The first kappa shape index (κ1) is 19.4. The zero-order chi connectivity index (χ0) is 21.2. The molecule has 1 aliphatic heterocycles. The largest absolute Gasteiger partial charge is 0.477 e. The summed E-state index contributed by atoms with van der Waals surface area (Å²) in [5.41, 5.74) is 9.38. The Balaban J connectivity index is 1.22. The quantitative estimate of drug-likeness (QED) is 0.496. The van der Waals surface area contributed by atoms with Crippen molar-refractivity contribution >= 4 is 22.3 Å². The molecule has 7 heteroatoms. The minimum atomic E-state index is 0.465. The topological polar surface area (TPSA) is 90.9 Å². The smallest absolute Gasteiger partial charge is 0.213 e. The third-order valence-electron chi connectivity index (χ3n) is 5.96. The van der Waals surface area contributed by atoms with Crippen molar-refractivity contribution in [1.29, 1.82) is 0 Å². The Hall–Kier alpha value is -3.61. The molecule has 158 valence electrons. The van der Waals surface area contributed by atoms with Crippen molar-refractivity contribution in [3.05, 3.63) is 72.1 Å². The van der Waals surface area contributed by atoms with E-state index in [0.29, 0.717) is 30.8 Å². The van der Waals surface area contributed by atoms with Crippen molar-refractivity contribution in [3.8, 4) is 5.88 Å². The highest BCUT2D eigenvalue weighted by Crippen LogP contribution is 2.27. The molecule has 0 saturated carbocycles. The Morgan fingerprint density at radius 3 is 2.97 bits per heavy atom. The molecule has 3 aromatic heterocycles. The van der Waals surface area contributed by atoms with E-state index in [0.717, 1.165) is 47.2 Å². The number of hydrogen-bond donors (Lipinski definition) is 2. The average molecular weight is 415 g/mol. The molecule has 1 atom stereocenters. The lowest BCUT2D eigenvalue weighted by Crippen LogP contribution is -2.25. The number of ether oxygens (including phenoxy) is 1. The van der Waals surface area contributed by atoms with Gasteiger partial charge in [-0.05, 0) is 37.1 Å². The van der Waals surface area contributed by atoms with Crippen LogP contribution in [0.3, 0.4) is 0 Å². The monoisotopic (exact) mass is 414 g/mol. The van der Waals surface area contributed by atoms with Gasteiger partial charge in [0.2, 0.25) is 5.88 Å². The Morgan fingerprint density at radius 1 is 1.13 bits per heavy atom. The minimum absolute atomic E-state index is 0.465. The molecule has 0 fully saturated rings. The summed E-state index contributed by atoms with van der Waals surface area (Å²) in [5.74, 6) is 2.83. The van der Waals surface area contributed by atoms with E-state index in [-0.39, 0.29) is 0 Å². The average Bonchev–Trinajstić information content (AvgIpc) is 3.17. The number of imidazole rings is 1. The highest BCUT2D eigenvalue weighted by molar-refractivity contribution is 5.99. The molecule has 4 heterocycles. The van der Waals surface area contributed by atoms with Crippen molar-refractivity contribution in [2.75, 3.05) is 17.7 Å². The summed E-state index contributed by atoms with van der Waals surface area (Å²) < 4.78 is 8.35. The van der Waals surface area contributed by atoms with E-state index in [1.807, 2.05) is 36.5 Å². The third kappa shape index (κ3) is 4.03. The summed E-state index contributed by atoms with van der Waals surface area (Å²) in [6.45, 7) is 4.45. The fourth-order valence-corrected chi connectivity index (χ4v) is 4.22. The van der Waals surface area contributed by atoms with Gasteiger partial charge in [-0.25, -0.2) is 15.0 Å². The van der Waals surface area contributed by atoms with Gasteiger partial charge in [0.15, 0.2) is 0 Å². The van der Waals surface area contributed by atoms with Crippen LogP contribution in [0, 0.1) is 12.8 Å². The molecule has 4 aromatic rings. The van der Waals surface area contributed by atoms with Gasteiger partial charge >= 0.3 is 0 Å². The van der Waals surface area contributed by atoms with Gasteiger partial charge in [-0.3, -0.25) is 0 Å². The predicted molar refractivity (Wildman–Crippen MR) is 122 cm³/mol. The summed E-state index contributed by atoms with van der Waals surface area (Å²) in [7, 11) is 0. The normalized spacial score (nSPS) is 15.6. The molecular formula is C24H26N6O. The summed E-state index contributed by atoms with van der Waals surface area (Å²) in [4.78, 5) is 13.1. The van der Waals surface area contributed by atoms with Gasteiger partial charge in [-0.15, -0.1) is 0 Å². The Labute approximate surface area is 181 Å². The molecule has 0 aliphatic carbocycles. The second-order valence-electron chi connectivity index (χ2n) is 8.09. The molecule has 0 unspecified atom stereocenters. The van der Waals surface area contributed by atoms with Crippen molar-refractivity contribution in [2.24, 2.45) is 5.92 Å². The van der Waals surface area contributed by atoms with E-state index in [4.69, 9.17) is 10.5 Å².